The second kappa shape index (κ2) is 8.12. The quantitative estimate of drug-likeness (QED) is 0.676. The number of nitrogens with zero attached hydrogens (tertiary/aromatic N) is 6. The smallest absolute Gasteiger partial charge is 0.173 e. The van der Waals surface area contributed by atoms with Crippen molar-refractivity contribution in [2.45, 2.75) is 12.6 Å². The van der Waals surface area contributed by atoms with Gasteiger partial charge in [-0.2, -0.15) is 0 Å². The topological polar surface area (TPSA) is 50.1 Å². The first-order chi connectivity index (χ1) is 13.6. The average Bonchev–Trinajstić information content (AvgIpc) is 3.14. The number of rotatable bonds is 5. The fourth-order valence-electron chi connectivity index (χ4n) is 3.56. The van der Waals surface area contributed by atoms with Crippen molar-refractivity contribution < 1.29 is 8.78 Å². The molecule has 0 amide bonds. The van der Waals surface area contributed by atoms with Gasteiger partial charge in [0.15, 0.2) is 5.82 Å². The SMILES string of the molecule is CN1CCN([C@H](c2ccccc2F)c2nnnn2Cc2ccc(F)cc2)CC1. The number of likely N-dealkylation sites (N-methyl/N-ethyl adjacent to an activating group) is 1. The van der Waals surface area contributed by atoms with Gasteiger partial charge in [0.1, 0.15) is 17.7 Å². The zero-order valence-corrected chi connectivity index (χ0v) is 15.7. The lowest BCUT2D eigenvalue weighted by atomic mass is 10.0. The van der Waals surface area contributed by atoms with E-state index in [0.717, 1.165) is 31.7 Å². The van der Waals surface area contributed by atoms with Crippen LogP contribution in [0.25, 0.3) is 0 Å². The standard InChI is InChI=1S/C20H22F2N6/c1-26-10-12-27(13-11-26)19(17-4-2-3-5-18(17)22)20-23-24-25-28(20)14-15-6-8-16(21)9-7-15/h2-9,19H,10-14H2,1H3/t19-/m1/s1. The van der Waals surface area contributed by atoms with Crippen molar-refractivity contribution in [3.63, 3.8) is 0 Å². The van der Waals surface area contributed by atoms with Gasteiger partial charge in [-0.3, -0.25) is 4.90 Å². The normalized spacial score (nSPS) is 17.0. The maximum atomic E-state index is 14.7. The van der Waals surface area contributed by atoms with Crippen molar-refractivity contribution in [3.05, 3.63) is 77.1 Å². The summed E-state index contributed by atoms with van der Waals surface area (Å²) in [6, 6.07) is 12.6. The van der Waals surface area contributed by atoms with Gasteiger partial charge in [-0.1, -0.05) is 30.3 Å². The molecule has 0 saturated carbocycles. The Morgan fingerprint density at radius 3 is 2.39 bits per heavy atom. The van der Waals surface area contributed by atoms with Gasteiger partial charge < -0.3 is 4.90 Å². The molecule has 1 aromatic heterocycles. The molecule has 1 aliphatic rings. The van der Waals surface area contributed by atoms with Crippen LogP contribution in [0.3, 0.4) is 0 Å². The molecule has 4 rings (SSSR count). The first kappa shape index (κ1) is 18.6. The average molecular weight is 384 g/mol. The van der Waals surface area contributed by atoms with Crippen molar-refractivity contribution in [2.75, 3.05) is 33.2 Å². The lowest BCUT2D eigenvalue weighted by molar-refractivity contribution is 0.120. The Morgan fingerprint density at radius 1 is 0.964 bits per heavy atom. The van der Waals surface area contributed by atoms with E-state index >= 15 is 0 Å². The molecule has 0 aliphatic carbocycles. The predicted molar refractivity (Wildman–Crippen MR) is 101 cm³/mol. The number of piperazine rings is 1. The molecule has 0 N–H and O–H groups in total. The summed E-state index contributed by atoms with van der Waals surface area (Å²) < 4.78 is 29.6. The van der Waals surface area contributed by atoms with Crippen LogP contribution in [0.5, 0.6) is 0 Å². The van der Waals surface area contributed by atoms with Crippen LogP contribution >= 0.6 is 0 Å². The minimum absolute atomic E-state index is 0.275. The van der Waals surface area contributed by atoms with Crippen molar-refractivity contribution in [3.8, 4) is 0 Å². The third-order valence-electron chi connectivity index (χ3n) is 5.15. The van der Waals surface area contributed by atoms with E-state index in [4.69, 9.17) is 0 Å². The van der Waals surface area contributed by atoms with Crippen LogP contribution in [0.4, 0.5) is 8.78 Å². The number of aromatic nitrogens is 4. The number of halogens is 2. The minimum atomic E-state index is -0.384. The summed E-state index contributed by atoms with van der Waals surface area (Å²) in [7, 11) is 2.08. The summed E-state index contributed by atoms with van der Waals surface area (Å²) >= 11 is 0. The minimum Gasteiger partial charge on any atom is -0.304 e. The van der Waals surface area contributed by atoms with Crippen molar-refractivity contribution >= 4 is 0 Å². The summed E-state index contributed by atoms with van der Waals surface area (Å²) in [6.45, 7) is 3.76. The molecular weight excluding hydrogens is 362 g/mol. The van der Waals surface area contributed by atoms with E-state index in [-0.39, 0.29) is 17.7 Å². The Bertz CT molecular complexity index is 918. The maximum Gasteiger partial charge on any atom is 0.173 e. The van der Waals surface area contributed by atoms with Crippen LogP contribution < -0.4 is 0 Å². The third kappa shape index (κ3) is 3.93. The molecule has 0 unspecified atom stereocenters. The molecule has 6 nitrogen and oxygen atoms in total. The largest absolute Gasteiger partial charge is 0.304 e. The molecule has 0 spiro atoms. The van der Waals surface area contributed by atoms with Gasteiger partial charge in [-0.05, 0) is 41.2 Å². The van der Waals surface area contributed by atoms with Gasteiger partial charge in [-0.25, -0.2) is 13.5 Å². The second-order valence-electron chi connectivity index (χ2n) is 7.08. The fraction of sp³-hybridized carbons (Fsp3) is 0.350. The monoisotopic (exact) mass is 384 g/mol. The van der Waals surface area contributed by atoms with E-state index in [1.165, 1.54) is 18.2 Å². The highest BCUT2D eigenvalue weighted by atomic mass is 19.1. The zero-order valence-electron chi connectivity index (χ0n) is 15.7. The van der Waals surface area contributed by atoms with Gasteiger partial charge >= 0.3 is 0 Å². The summed E-state index contributed by atoms with van der Waals surface area (Å²) in [4.78, 5) is 4.46. The van der Waals surface area contributed by atoms with Gasteiger partial charge in [-0.15, -0.1) is 5.10 Å². The van der Waals surface area contributed by atoms with Crippen LogP contribution in [0.1, 0.15) is 23.0 Å². The number of tetrazole rings is 1. The van der Waals surface area contributed by atoms with E-state index in [9.17, 15) is 8.78 Å². The molecule has 2 heterocycles. The molecule has 1 atom stereocenters. The molecule has 0 bridgehead atoms. The molecule has 1 fully saturated rings. The summed E-state index contributed by atoms with van der Waals surface area (Å²) in [6.07, 6.45) is 0. The highest BCUT2D eigenvalue weighted by Crippen LogP contribution is 2.30. The summed E-state index contributed by atoms with van der Waals surface area (Å²) in [5.41, 5.74) is 1.43. The summed E-state index contributed by atoms with van der Waals surface area (Å²) in [5, 5.41) is 12.2. The van der Waals surface area contributed by atoms with E-state index < -0.39 is 0 Å². The fourth-order valence-corrected chi connectivity index (χ4v) is 3.56. The van der Waals surface area contributed by atoms with Gasteiger partial charge in [0.2, 0.25) is 0 Å². The van der Waals surface area contributed by atoms with Crippen molar-refractivity contribution in [2.24, 2.45) is 0 Å². The Kier molecular flexibility index (Phi) is 5.40. The van der Waals surface area contributed by atoms with Crippen molar-refractivity contribution in [1.82, 2.24) is 30.0 Å². The highest BCUT2D eigenvalue weighted by molar-refractivity contribution is 5.27. The molecule has 1 aliphatic heterocycles. The van der Waals surface area contributed by atoms with Crippen molar-refractivity contribution in [1.29, 1.82) is 0 Å². The highest BCUT2D eigenvalue weighted by Gasteiger charge is 2.31. The summed E-state index contributed by atoms with van der Waals surface area (Å²) in [5.74, 6) is 0.0177. The predicted octanol–water partition coefficient (Wildman–Crippen LogP) is 2.34. The Morgan fingerprint density at radius 2 is 1.68 bits per heavy atom. The number of hydrogen-bond acceptors (Lipinski definition) is 5. The van der Waals surface area contributed by atoms with Crippen LogP contribution in [0.2, 0.25) is 0 Å². The second-order valence-corrected chi connectivity index (χ2v) is 7.08. The lowest BCUT2D eigenvalue weighted by Crippen LogP contribution is -2.47. The lowest BCUT2D eigenvalue weighted by Gasteiger charge is -2.37. The molecule has 146 valence electrons. The van der Waals surface area contributed by atoms with E-state index in [2.05, 4.69) is 32.4 Å². The number of benzene rings is 2. The molecule has 3 aromatic rings. The molecular formula is C20H22F2N6. The van der Waals surface area contributed by atoms with Crippen LogP contribution in [-0.4, -0.2) is 63.2 Å². The van der Waals surface area contributed by atoms with Crippen LogP contribution in [0, 0.1) is 11.6 Å². The van der Waals surface area contributed by atoms with Crippen LogP contribution in [-0.2, 0) is 6.54 Å². The van der Waals surface area contributed by atoms with E-state index in [0.29, 0.717) is 17.9 Å². The molecule has 1 saturated heterocycles. The molecule has 28 heavy (non-hydrogen) atoms. The van der Waals surface area contributed by atoms with E-state index in [1.807, 2.05) is 6.07 Å². The Labute approximate surface area is 162 Å². The number of hydrogen-bond donors (Lipinski definition) is 0. The molecule has 2 aromatic carbocycles. The Hall–Kier alpha value is -2.71. The third-order valence-corrected chi connectivity index (χ3v) is 5.15. The van der Waals surface area contributed by atoms with Gasteiger partial charge in [0, 0.05) is 31.7 Å². The maximum absolute atomic E-state index is 14.7. The zero-order chi connectivity index (χ0) is 19.5. The van der Waals surface area contributed by atoms with Gasteiger partial charge in [0.05, 0.1) is 6.54 Å². The van der Waals surface area contributed by atoms with E-state index in [1.54, 1.807) is 28.9 Å². The first-order valence-electron chi connectivity index (χ1n) is 9.29. The molecule has 8 heteroatoms. The van der Waals surface area contributed by atoms with Crippen LogP contribution in [0.15, 0.2) is 48.5 Å². The Balaban J connectivity index is 1.70. The van der Waals surface area contributed by atoms with Gasteiger partial charge in [0.25, 0.3) is 0 Å². The molecule has 0 radical (unpaired) electrons. The first-order valence-corrected chi connectivity index (χ1v) is 9.29.